The van der Waals surface area contributed by atoms with Gasteiger partial charge in [0.1, 0.15) is 42.3 Å². The zero-order valence-corrected chi connectivity index (χ0v) is 27.7. The lowest BCUT2D eigenvalue weighted by molar-refractivity contribution is -0.0371. The van der Waals surface area contributed by atoms with Crippen molar-refractivity contribution < 1.29 is 32.0 Å². The molecule has 19 nitrogen and oxygen atoms in total. The third kappa shape index (κ3) is 6.11. The van der Waals surface area contributed by atoms with E-state index in [1.807, 2.05) is 4.57 Å². The Balaban J connectivity index is 1.00. The summed E-state index contributed by atoms with van der Waals surface area (Å²) in [5.41, 5.74) is 7.28. The van der Waals surface area contributed by atoms with Gasteiger partial charge < -0.3 is 29.1 Å². The Morgan fingerprint density at radius 1 is 1.00 bits per heavy atom. The Hall–Kier alpha value is -2.87. The normalized spacial score (nSPS) is 26.0. The van der Waals surface area contributed by atoms with E-state index in [9.17, 15) is 13.9 Å². The Kier molecular flexibility index (Phi) is 8.48. The number of aromatic amines is 1. The van der Waals surface area contributed by atoms with Crippen molar-refractivity contribution in [1.82, 2.24) is 48.7 Å². The number of H-pyrrole nitrogens is 1. The van der Waals surface area contributed by atoms with Gasteiger partial charge in [-0.15, -0.1) is 10.2 Å². The van der Waals surface area contributed by atoms with Gasteiger partial charge in [-0.25, -0.2) is 33.5 Å². The Morgan fingerprint density at radius 3 is 2.57 bits per heavy atom. The summed E-state index contributed by atoms with van der Waals surface area (Å²) in [5, 5.41) is 7.69. The van der Waals surface area contributed by atoms with Crippen molar-refractivity contribution in [2.45, 2.75) is 50.7 Å². The van der Waals surface area contributed by atoms with Gasteiger partial charge in [-0.05, 0) is 25.7 Å². The minimum atomic E-state index is -3.91. The minimum Gasteiger partial charge on any atom is -0.382 e. The fourth-order valence-electron chi connectivity index (χ4n) is 5.65. The molecule has 1 aliphatic heterocycles. The molecular weight excluding hydrogens is 684 g/mol. The molecule has 1 saturated heterocycles. The predicted molar refractivity (Wildman–Crippen MR) is 169 cm³/mol. The SMILES string of the molecule is CCOP(=O)(S)OC[C@H]1O[C@@H](n2cnc3c(N)ncnc32)C[C@@H]1OP(=O)(S)OC[C@H]1C[C@@H](n2cnc3c(=O)n4cnnc4[nH]c32)C1. The van der Waals surface area contributed by atoms with Crippen LogP contribution in [0.2, 0.25) is 0 Å². The molecule has 0 bridgehead atoms. The third-order valence-electron chi connectivity index (χ3n) is 7.91. The average Bonchev–Trinajstić information content (AvgIpc) is 3.77. The number of nitrogens with two attached hydrogens (primary N) is 1. The van der Waals surface area contributed by atoms with Crippen LogP contribution in [0.5, 0.6) is 0 Å². The first-order valence-electron chi connectivity index (χ1n) is 14.2. The summed E-state index contributed by atoms with van der Waals surface area (Å²) in [6.07, 6.45) is 4.91. The molecular formula is C23H29N11O8P2S2. The largest absolute Gasteiger partial charge is 0.386 e. The molecule has 5 atom stereocenters. The van der Waals surface area contributed by atoms with Gasteiger partial charge in [0.15, 0.2) is 17.0 Å². The molecule has 246 valence electrons. The van der Waals surface area contributed by atoms with Crippen LogP contribution in [0.3, 0.4) is 0 Å². The number of rotatable bonds is 12. The van der Waals surface area contributed by atoms with Crippen molar-refractivity contribution in [2.75, 3.05) is 25.6 Å². The maximum absolute atomic E-state index is 13.4. The quantitative estimate of drug-likeness (QED) is 0.108. The summed E-state index contributed by atoms with van der Waals surface area (Å²) < 4.78 is 59.1. The van der Waals surface area contributed by atoms with E-state index < -0.39 is 32.0 Å². The van der Waals surface area contributed by atoms with E-state index in [2.05, 4.69) is 59.6 Å². The van der Waals surface area contributed by atoms with Crippen molar-refractivity contribution in [2.24, 2.45) is 5.92 Å². The molecule has 5 aromatic rings. The molecule has 23 heteroatoms. The molecule has 0 radical (unpaired) electrons. The van der Waals surface area contributed by atoms with Crippen molar-refractivity contribution in [1.29, 1.82) is 0 Å². The first-order valence-corrected chi connectivity index (χ1v) is 19.6. The molecule has 2 fully saturated rings. The first kappa shape index (κ1) is 31.7. The van der Waals surface area contributed by atoms with Crippen LogP contribution in [-0.2, 0) is 32.0 Å². The highest BCUT2D eigenvalue weighted by Gasteiger charge is 2.43. The number of aromatic nitrogens is 10. The van der Waals surface area contributed by atoms with Gasteiger partial charge in [0.05, 0.1) is 32.5 Å². The molecule has 0 aromatic carbocycles. The molecule has 46 heavy (non-hydrogen) atoms. The molecule has 2 aliphatic rings. The van der Waals surface area contributed by atoms with Crippen LogP contribution in [0.15, 0.2) is 30.1 Å². The lowest BCUT2D eigenvalue weighted by Gasteiger charge is -2.36. The summed E-state index contributed by atoms with van der Waals surface area (Å²) in [5.74, 6) is 0.573. The van der Waals surface area contributed by atoms with Crippen LogP contribution in [0, 0.1) is 5.92 Å². The Labute approximate surface area is 269 Å². The van der Waals surface area contributed by atoms with Crippen molar-refractivity contribution in [3.63, 3.8) is 0 Å². The number of nitrogens with zero attached hydrogens (tertiary/aromatic N) is 9. The van der Waals surface area contributed by atoms with Crippen molar-refractivity contribution >= 4 is 72.0 Å². The Morgan fingerprint density at radius 2 is 1.76 bits per heavy atom. The van der Waals surface area contributed by atoms with Gasteiger partial charge in [-0.1, -0.05) is 24.5 Å². The van der Waals surface area contributed by atoms with Gasteiger partial charge in [0.25, 0.3) is 5.56 Å². The number of anilines is 1. The molecule has 0 amide bonds. The van der Waals surface area contributed by atoms with Crippen molar-refractivity contribution in [3.8, 4) is 0 Å². The van der Waals surface area contributed by atoms with Gasteiger partial charge in [0.2, 0.25) is 5.78 Å². The fraction of sp³-hybridized carbons (Fsp3) is 0.522. The summed E-state index contributed by atoms with van der Waals surface area (Å²) >= 11 is 8.22. The highest BCUT2D eigenvalue weighted by molar-refractivity contribution is 8.44. The first-order chi connectivity index (χ1) is 22.0. The van der Waals surface area contributed by atoms with Crippen LogP contribution >= 0.6 is 38.1 Å². The van der Waals surface area contributed by atoms with Crippen molar-refractivity contribution in [3.05, 3.63) is 35.7 Å². The van der Waals surface area contributed by atoms with E-state index in [1.54, 1.807) is 17.8 Å². The minimum absolute atomic E-state index is 0.0375. The van der Waals surface area contributed by atoms with E-state index in [0.29, 0.717) is 35.4 Å². The van der Waals surface area contributed by atoms with Gasteiger partial charge in [-0.3, -0.25) is 18.4 Å². The summed E-state index contributed by atoms with van der Waals surface area (Å²) in [6, 6.07) is 0.0375. The predicted octanol–water partition coefficient (Wildman–Crippen LogP) is 2.96. The van der Waals surface area contributed by atoms with Gasteiger partial charge >= 0.3 is 13.6 Å². The lowest BCUT2D eigenvalue weighted by Crippen LogP contribution is -2.30. The van der Waals surface area contributed by atoms with Crippen LogP contribution in [0.4, 0.5) is 5.82 Å². The molecule has 1 aliphatic carbocycles. The van der Waals surface area contributed by atoms with Crippen LogP contribution in [0.25, 0.3) is 28.1 Å². The highest BCUT2D eigenvalue weighted by atomic mass is 32.7. The second-order valence-electron chi connectivity index (χ2n) is 10.8. The van der Waals surface area contributed by atoms with E-state index in [0.717, 1.165) is 0 Å². The fourth-order valence-corrected chi connectivity index (χ4v) is 8.52. The number of ether oxygens (including phenoxy) is 1. The number of nitrogen functional groups attached to an aromatic ring is 1. The molecule has 1 saturated carbocycles. The summed E-state index contributed by atoms with van der Waals surface area (Å²) in [7, 11) is 0. The standard InChI is InChI=1S/C23H29N11O8P2S2/c1-2-38-43(36,45)40-7-15-14(5-16(41-15)33-10-27-17-19(24)25-8-26-20(17)33)42-44(37,46)39-6-12-3-13(4-12)32-9-28-18-21(32)30-23-31-29-11-34(23)22(18)35/h8-16H,2-7H2,1H3,(H,30,31)(H,36,45)(H,37,46)(H2,24,25,26)/t12-,13+,14-,15+,16+,43?,44?/m0/s1. The molecule has 5 aromatic heterocycles. The number of nitrogens with one attached hydrogen (secondary N) is 1. The van der Waals surface area contributed by atoms with Crippen LogP contribution in [0.1, 0.15) is 38.5 Å². The van der Waals surface area contributed by atoms with Crippen LogP contribution in [-0.4, -0.2) is 80.7 Å². The highest BCUT2D eigenvalue weighted by Crippen LogP contribution is 2.58. The monoisotopic (exact) mass is 713 g/mol. The van der Waals surface area contributed by atoms with Gasteiger partial charge in [-0.2, -0.15) is 0 Å². The molecule has 0 spiro atoms. The number of fused-ring (bicyclic) bond motifs is 3. The summed E-state index contributed by atoms with van der Waals surface area (Å²) in [6.45, 7) is -5.93. The molecule has 6 heterocycles. The smallest absolute Gasteiger partial charge is 0.382 e. The zero-order valence-electron chi connectivity index (χ0n) is 24.1. The lowest BCUT2D eigenvalue weighted by atomic mass is 9.81. The Bertz CT molecular complexity index is 2060. The zero-order chi connectivity index (χ0) is 32.2. The number of imidazole rings is 2. The maximum atomic E-state index is 13.4. The summed E-state index contributed by atoms with van der Waals surface area (Å²) in [4.78, 5) is 32.5. The number of hydrogen-bond donors (Lipinski definition) is 4. The average molecular weight is 714 g/mol. The molecule has 2 unspecified atom stereocenters. The van der Waals surface area contributed by atoms with Gasteiger partial charge in [0, 0.05) is 12.5 Å². The van der Waals surface area contributed by atoms with E-state index in [1.165, 1.54) is 23.4 Å². The maximum Gasteiger partial charge on any atom is 0.386 e. The van der Waals surface area contributed by atoms with E-state index in [-0.39, 0.29) is 55.1 Å². The second kappa shape index (κ2) is 12.3. The third-order valence-corrected chi connectivity index (χ3v) is 11.3. The second-order valence-corrected chi connectivity index (χ2v) is 16.6. The number of hydrogen-bond acceptors (Lipinski definition) is 15. The van der Waals surface area contributed by atoms with E-state index >= 15 is 0 Å². The molecule has 3 N–H and O–H groups in total. The van der Waals surface area contributed by atoms with E-state index in [4.69, 9.17) is 28.6 Å². The van der Waals surface area contributed by atoms with Crippen LogP contribution < -0.4 is 11.3 Å². The topological polar surface area (TPSA) is 231 Å². The molecule has 7 rings (SSSR count). The number of thiol groups is 2.